The van der Waals surface area contributed by atoms with Gasteiger partial charge in [0.2, 0.25) is 0 Å². The molecule has 1 aliphatic heterocycles. The molecule has 0 radical (unpaired) electrons. The fourth-order valence-electron chi connectivity index (χ4n) is 2.41. The fourth-order valence-corrected chi connectivity index (χ4v) is 2.93. The number of ketones is 1. The molecular weight excluding hydrogens is 309 g/mol. The molecule has 5 heteroatoms. The molecular formula is C16H11Cl2NO2. The molecule has 0 N–H and O–H groups in total. The minimum Gasteiger partial charge on any atom is -0.300 e. The van der Waals surface area contributed by atoms with Gasteiger partial charge in [0.25, 0.3) is 11.7 Å². The van der Waals surface area contributed by atoms with Crippen molar-refractivity contribution in [3.05, 3.63) is 63.1 Å². The van der Waals surface area contributed by atoms with Crippen molar-refractivity contribution < 1.29 is 9.59 Å². The quantitative estimate of drug-likeness (QED) is 0.784. The normalized spacial score (nSPS) is 13.8. The van der Waals surface area contributed by atoms with E-state index in [1.807, 2.05) is 13.0 Å². The van der Waals surface area contributed by atoms with E-state index in [-0.39, 0.29) is 6.54 Å². The molecule has 106 valence electrons. The lowest BCUT2D eigenvalue weighted by molar-refractivity contribution is -0.114. The van der Waals surface area contributed by atoms with Gasteiger partial charge in [-0.05, 0) is 31.2 Å². The largest absolute Gasteiger partial charge is 0.300 e. The molecule has 1 amide bonds. The standard InChI is InChI=1S/C16H11Cl2NO2/c1-9-5-6-14-10(7-9)15(20)16(21)19(14)8-11-12(17)3-2-4-13(11)18/h2-7H,8H2,1H3. The van der Waals surface area contributed by atoms with Gasteiger partial charge in [-0.1, -0.05) is 40.9 Å². The minimum atomic E-state index is -0.549. The SMILES string of the molecule is Cc1ccc2c(c1)C(=O)C(=O)N2Cc1c(Cl)cccc1Cl. The second kappa shape index (κ2) is 5.17. The first kappa shape index (κ1) is 14.1. The molecule has 3 nitrogen and oxygen atoms in total. The number of hydrogen-bond acceptors (Lipinski definition) is 2. The number of aryl methyl sites for hydroxylation is 1. The van der Waals surface area contributed by atoms with Crippen molar-refractivity contribution in [2.75, 3.05) is 4.90 Å². The van der Waals surface area contributed by atoms with Crippen LogP contribution >= 0.6 is 23.2 Å². The average Bonchev–Trinajstić information content (AvgIpc) is 2.67. The molecule has 2 aromatic rings. The van der Waals surface area contributed by atoms with Crippen molar-refractivity contribution in [3.8, 4) is 0 Å². The molecule has 0 atom stereocenters. The van der Waals surface area contributed by atoms with Gasteiger partial charge in [0.05, 0.1) is 17.8 Å². The second-order valence-electron chi connectivity index (χ2n) is 4.94. The van der Waals surface area contributed by atoms with Crippen LogP contribution in [0.5, 0.6) is 0 Å². The lowest BCUT2D eigenvalue weighted by Crippen LogP contribution is -2.29. The van der Waals surface area contributed by atoms with E-state index in [4.69, 9.17) is 23.2 Å². The Balaban J connectivity index is 2.05. The molecule has 0 bridgehead atoms. The fraction of sp³-hybridized carbons (Fsp3) is 0.125. The smallest absolute Gasteiger partial charge is 0.299 e. The summed E-state index contributed by atoms with van der Waals surface area (Å²) in [5, 5.41) is 0.951. The minimum absolute atomic E-state index is 0.180. The highest BCUT2D eigenvalue weighted by Crippen LogP contribution is 2.34. The zero-order valence-corrected chi connectivity index (χ0v) is 12.7. The van der Waals surface area contributed by atoms with Crippen molar-refractivity contribution >= 4 is 40.6 Å². The maximum Gasteiger partial charge on any atom is 0.299 e. The molecule has 3 rings (SSSR count). The van der Waals surface area contributed by atoms with Crippen LogP contribution in [0.25, 0.3) is 0 Å². The van der Waals surface area contributed by atoms with E-state index in [2.05, 4.69) is 0 Å². The van der Waals surface area contributed by atoms with Crippen LogP contribution in [-0.2, 0) is 11.3 Å². The van der Waals surface area contributed by atoms with Crippen LogP contribution in [0.15, 0.2) is 36.4 Å². The van der Waals surface area contributed by atoms with Crippen molar-refractivity contribution in [2.24, 2.45) is 0 Å². The predicted molar refractivity (Wildman–Crippen MR) is 83.2 cm³/mol. The van der Waals surface area contributed by atoms with Gasteiger partial charge in [-0.2, -0.15) is 0 Å². The highest BCUT2D eigenvalue weighted by atomic mass is 35.5. The van der Waals surface area contributed by atoms with Crippen LogP contribution in [0, 0.1) is 6.92 Å². The first-order valence-electron chi connectivity index (χ1n) is 6.39. The predicted octanol–water partition coefficient (Wildman–Crippen LogP) is 4.03. The number of amides is 1. The Labute approximate surface area is 132 Å². The molecule has 0 spiro atoms. The summed E-state index contributed by atoms with van der Waals surface area (Å²) >= 11 is 12.3. The number of Topliss-reactive ketones (excluding diaryl/α,β-unsaturated/α-hetero) is 1. The van der Waals surface area contributed by atoms with E-state index in [0.717, 1.165) is 5.56 Å². The third-order valence-electron chi connectivity index (χ3n) is 3.50. The highest BCUT2D eigenvalue weighted by molar-refractivity contribution is 6.52. The monoisotopic (exact) mass is 319 g/mol. The zero-order chi connectivity index (χ0) is 15.1. The van der Waals surface area contributed by atoms with Crippen molar-refractivity contribution in [3.63, 3.8) is 0 Å². The van der Waals surface area contributed by atoms with Gasteiger partial charge >= 0.3 is 0 Å². The molecule has 0 aliphatic carbocycles. The Morgan fingerprint density at radius 1 is 1.05 bits per heavy atom. The van der Waals surface area contributed by atoms with E-state index in [9.17, 15) is 9.59 Å². The number of rotatable bonds is 2. The number of carbonyl (C=O) groups excluding carboxylic acids is 2. The van der Waals surface area contributed by atoms with Crippen LogP contribution in [-0.4, -0.2) is 11.7 Å². The van der Waals surface area contributed by atoms with Crippen molar-refractivity contribution in [1.82, 2.24) is 0 Å². The van der Waals surface area contributed by atoms with Crippen LogP contribution in [0.4, 0.5) is 5.69 Å². The summed E-state index contributed by atoms with van der Waals surface area (Å²) < 4.78 is 0. The zero-order valence-electron chi connectivity index (χ0n) is 11.2. The summed E-state index contributed by atoms with van der Waals surface area (Å²) in [5.41, 5.74) is 2.61. The van der Waals surface area contributed by atoms with Crippen LogP contribution < -0.4 is 4.90 Å². The Kier molecular flexibility index (Phi) is 3.47. The lowest BCUT2D eigenvalue weighted by atomic mass is 10.1. The topological polar surface area (TPSA) is 37.4 Å². The average molecular weight is 320 g/mol. The number of nitrogens with zero attached hydrogens (tertiary/aromatic N) is 1. The van der Waals surface area contributed by atoms with Gasteiger partial charge in [-0.25, -0.2) is 0 Å². The maximum atomic E-state index is 12.2. The van der Waals surface area contributed by atoms with E-state index in [0.29, 0.717) is 26.9 Å². The van der Waals surface area contributed by atoms with Crippen molar-refractivity contribution in [1.29, 1.82) is 0 Å². The third kappa shape index (κ3) is 2.33. The summed E-state index contributed by atoms with van der Waals surface area (Å²) in [6.07, 6.45) is 0. The van der Waals surface area contributed by atoms with Gasteiger partial charge in [0.15, 0.2) is 0 Å². The first-order chi connectivity index (χ1) is 9.99. The molecule has 0 saturated heterocycles. The molecule has 0 aromatic heterocycles. The highest BCUT2D eigenvalue weighted by Gasteiger charge is 2.36. The van der Waals surface area contributed by atoms with Gasteiger partial charge in [-0.15, -0.1) is 0 Å². The summed E-state index contributed by atoms with van der Waals surface area (Å²) in [4.78, 5) is 25.7. The van der Waals surface area contributed by atoms with E-state index in [1.165, 1.54) is 4.90 Å². The third-order valence-corrected chi connectivity index (χ3v) is 4.21. The van der Waals surface area contributed by atoms with E-state index < -0.39 is 11.7 Å². The number of benzene rings is 2. The summed E-state index contributed by atoms with van der Waals surface area (Å²) in [7, 11) is 0. The summed E-state index contributed by atoms with van der Waals surface area (Å²) in [5.74, 6) is -1.04. The van der Waals surface area contributed by atoms with Gasteiger partial charge in [-0.3, -0.25) is 9.59 Å². The Morgan fingerprint density at radius 2 is 1.71 bits per heavy atom. The molecule has 2 aromatic carbocycles. The van der Waals surface area contributed by atoms with Gasteiger partial charge < -0.3 is 4.90 Å². The first-order valence-corrected chi connectivity index (χ1v) is 7.14. The Hall–Kier alpha value is -1.84. The number of anilines is 1. The number of hydrogen-bond donors (Lipinski definition) is 0. The molecule has 1 heterocycles. The molecule has 1 aliphatic rings. The van der Waals surface area contributed by atoms with Crippen molar-refractivity contribution in [2.45, 2.75) is 13.5 Å². The molecule has 0 fully saturated rings. The number of fused-ring (bicyclic) bond motifs is 1. The van der Waals surface area contributed by atoms with Gasteiger partial charge in [0, 0.05) is 15.6 Å². The number of carbonyl (C=O) groups is 2. The molecule has 0 saturated carbocycles. The maximum absolute atomic E-state index is 12.2. The molecule has 0 unspecified atom stereocenters. The van der Waals surface area contributed by atoms with E-state index in [1.54, 1.807) is 30.3 Å². The summed E-state index contributed by atoms with van der Waals surface area (Å²) in [6, 6.07) is 10.5. The second-order valence-corrected chi connectivity index (χ2v) is 5.76. The Bertz CT molecular complexity index is 751. The summed E-state index contributed by atoms with van der Waals surface area (Å²) in [6.45, 7) is 2.06. The molecule has 21 heavy (non-hydrogen) atoms. The van der Waals surface area contributed by atoms with Gasteiger partial charge in [0.1, 0.15) is 0 Å². The van der Waals surface area contributed by atoms with E-state index >= 15 is 0 Å². The Morgan fingerprint density at radius 3 is 2.38 bits per heavy atom. The van der Waals surface area contributed by atoms with Crippen LogP contribution in [0.1, 0.15) is 21.5 Å². The van der Waals surface area contributed by atoms with Crippen LogP contribution in [0.2, 0.25) is 10.0 Å². The van der Waals surface area contributed by atoms with Crippen LogP contribution in [0.3, 0.4) is 0 Å². The number of halogens is 2. The lowest BCUT2D eigenvalue weighted by Gasteiger charge is -2.18.